The number of rotatable bonds is 6. The van der Waals surface area contributed by atoms with E-state index >= 15 is 0 Å². The molecule has 0 saturated carbocycles. The first-order valence-electron chi connectivity index (χ1n) is 12.6. The maximum absolute atomic E-state index is 13.0. The molecule has 10 heteroatoms. The first kappa shape index (κ1) is 27.0. The maximum Gasteiger partial charge on any atom is 0.244 e. The van der Waals surface area contributed by atoms with Gasteiger partial charge < -0.3 is 21.8 Å². The van der Waals surface area contributed by atoms with Crippen LogP contribution in [0.25, 0.3) is 17.2 Å². The third-order valence-electron chi connectivity index (χ3n) is 6.43. The molecule has 38 heavy (non-hydrogen) atoms. The van der Waals surface area contributed by atoms with Crippen LogP contribution < -0.4 is 32.6 Å². The first-order chi connectivity index (χ1) is 18.5. The monoisotopic (exact) mass is 532 g/mol. The lowest BCUT2D eigenvalue weighted by Crippen LogP contribution is -2.30. The van der Waals surface area contributed by atoms with Gasteiger partial charge in [0.2, 0.25) is 5.91 Å². The van der Waals surface area contributed by atoms with Crippen molar-refractivity contribution in [3.63, 3.8) is 0 Å². The predicted molar refractivity (Wildman–Crippen MR) is 157 cm³/mol. The van der Waals surface area contributed by atoms with E-state index in [-0.39, 0.29) is 11.9 Å². The molecule has 7 N–H and O–H groups in total. The number of nitrogens with zero attached hydrogens (tertiary/aromatic N) is 3. The van der Waals surface area contributed by atoms with E-state index in [1.807, 2.05) is 13.1 Å². The van der Waals surface area contributed by atoms with Crippen molar-refractivity contribution in [2.24, 2.45) is 16.8 Å². The van der Waals surface area contributed by atoms with Crippen molar-refractivity contribution in [3.8, 4) is 11.1 Å². The molecule has 198 valence electrons. The van der Waals surface area contributed by atoms with E-state index in [0.29, 0.717) is 16.3 Å². The SMILES string of the molecule is CNc1ccc2c(c1)NCCCCC[C@H](NC(=O)/C=C/c1cc(Cl)ccc1N(N)/C=N\N)c1cc-2ccn1. The molecule has 3 aromatic rings. The molecule has 0 unspecified atom stereocenters. The van der Waals surface area contributed by atoms with Gasteiger partial charge in [-0.25, -0.2) is 5.84 Å². The van der Waals surface area contributed by atoms with Crippen LogP contribution in [0.2, 0.25) is 5.02 Å². The second-order valence-corrected chi connectivity index (χ2v) is 9.46. The summed E-state index contributed by atoms with van der Waals surface area (Å²) in [5.41, 5.74) is 6.34. The molecule has 0 aliphatic carbocycles. The minimum absolute atomic E-state index is 0.228. The average Bonchev–Trinajstić information content (AvgIpc) is 2.92. The standard InChI is InChI=1S/C28H33ClN8O/c1-32-22-8-9-23-19-12-14-34-26(16-19)24(5-3-2-4-13-33-25(23)17-22)36-28(38)11-6-20-15-21(29)7-10-27(20)37(31)18-35-30/h6-12,14-18,24,32-33H,2-5,13,30-31H2,1H3,(H,36,38)/b11-6+,35-18-/t24-/m0/s1. The summed E-state index contributed by atoms with van der Waals surface area (Å²) in [5, 5.41) is 15.2. The van der Waals surface area contributed by atoms with E-state index in [1.165, 1.54) is 17.4 Å². The zero-order chi connectivity index (χ0) is 26.9. The fraction of sp³-hybridized carbons (Fsp3) is 0.250. The number of benzene rings is 2. The number of hydrazone groups is 1. The number of amides is 1. The minimum Gasteiger partial charge on any atom is -0.388 e. The molecule has 4 rings (SSSR count). The number of hydrazine groups is 1. The number of hydrogen-bond donors (Lipinski definition) is 5. The lowest BCUT2D eigenvalue weighted by molar-refractivity contribution is -0.117. The Labute approximate surface area is 227 Å². The number of anilines is 3. The van der Waals surface area contributed by atoms with Gasteiger partial charge in [0.05, 0.1) is 17.4 Å². The van der Waals surface area contributed by atoms with Gasteiger partial charge in [-0.05, 0) is 66.9 Å². The van der Waals surface area contributed by atoms with Gasteiger partial charge >= 0.3 is 0 Å². The van der Waals surface area contributed by atoms with Gasteiger partial charge in [-0.15, -0.1) is 0 Å². The van der Waals surface area contributed by atoms with Crippen molar-refractivity contribution in [2.75, 3.05) is 29.2 Å². The summed E-state index contributed by atoms with van der Waals surface area (Å²) >= 11 is 6.18. The highest BCUT2D eigenvalue weighted by atomic mass is 35.5. The summed E-state index contributed by atoms with van der Waals surface area (Å²) in [7, 11) is 1.91. The molecule has 2 aromatic carbocycles. The van der Waals surface area contributed by atoms with Crippen LogP contribution in [0.5, 0.6) is 0 Å². The van der Waals surface area contributed by atoms with Gasteiger partial charge in [0.15, 0.2) is 0 Å². The van der Waals surface area contributed by atoms with Crippen LogP contribution in [0.4, 0.5) is 17.1 Å². The fourth-order valence-corrected chi connectivity index (χ4v) is 4.67. The number of nitrogens with one attached hydrogen (secondary N) is 3. The lowest BCUT2D eigenvalue weighted by Gasteiger charge is -2.21. The minimum atomic E-state index is -0.239. The van der Waals surface area contributed by atoms with Gasteiger partial charge in [-0.1, -0.05) is 30.5 Å². The molecule has 2 bridgehead atoms. The summed E-state index contributed by atoms with van der Waals surface area (Å²) in [4.78, 5) is 17.7. The molecular formula is C28H33ClN8O. The number of hydrogen-bond acceptors (Lipinski definition) is 7. The van der Waals surface area contributed by atoms with Gasteiger partial charge in [0.25, 0.3) is 0 Å². The van der Waals surface area contributed by atoms with Gasteiger partial charge in [0.1, 0.15) is 6.34 Å². The van der Waals surface area contributed by atoms with E-state index in [2.05, 4.69) is 50.3 Å². The van der Waals surface area contributed by atoms with E-state index in [0.717, 1.165) is 60.4 Å². The number of halogens is 1. The van der Waals surface area contributed by atoms with Crippen molar-refractivity contribution in [1.29, 1.82) is 0 Å². The lowest BCUT2D eigenvalue weighted by atomic mass is 9.98. The van der Waals surface area contributed by atoms with Crippen LogP contribution in [0.15, 0.2) is 65.9 Å². The molecule has 1 aliphatic heterocycles. The molecule has 9 nitrogen and oxygen atoms in total. The van der Waals surface area contributed by atoms with Crippen LogP contribution in [-0.2, 0) is 4.79 Å². The molecule has 1 aliphatic rings. The Morgan fingerprint density at radius 3 is 2.87 bits per heavy atom. The molecule has 0 saturated heterocycles. The molecule has 0 spiro atoms. The number of pyridine rings is 1. The van der Waals surface area contributed by atoms with Crippen molar-refractivity contribution in [1.82, 2.24) is 10.3 Å². The summed E-state index contributed by atoms with van der Waals surface area (Å²) in [5.74, 6) is 11.0. The topological polar surface area (TPSA) is 134 Å². The van der Waals surface area contributed by atoms with Gasteiger partial charge in [-0.2, -0.15) is 5.10 Å². The molecule has 1 aromatic heterocycles. The average molecular weight is 533 g/mol. The second-order valence-electron chi connectivity index (χ2n) is 9.03. The van der Waals surface area contributed by atoms with Gasteiger partial charge in [-0.3, -0.25) is 14.8 Å². The summed E-state index contributed by atoms with van der Waals surface area (Å²) in [6.45, 7) is 0.882. The van der Waals surface area contributed by atoms with Crippen LogP contribution >= 0.6 is 11.6 Å². The second kappa shape index (κ2) is 12.9. The van der Waals surface area contributed by atoms with Crippen molar-refractivity contribution >= 4 is 47.0 Å². The molecule has 2 heterocycles. The van der Waals surface area contributed by atoms with Gasteiger partial charge in [0, 0.05) is 53.4 Å². The van der Waals surface area contributed by atoms with E-state index in [1.54, 1.807) is 30.5 Å². The summed E-state index contributed by atoms with van der Waals surface area (Å²) in [6.07, 6.45) is 10.0. The highest BCUT2D eigenvalue weighted by Crippen LogP contribution is 2.33. The van der Waals surface area contributed by atoms with Crippen molar-refractivity contribution in [2.45, 2.75) is 31.7 Å². The molecule has 0 radical (unpaired) electrons. The Morgan fingerprint density at radius 1 is 1.18 bits per heavy atom. The fourth-order valence-electron chi connectivity index (χ4n) is 4.48. The molecular weight excluding hydrogens is 500 g/mol. The van der Waals surface area contributed by atoms with E-state index in [4.69, 9.17) is 23.3 Å². The zero-order valence-corrected chi connectivity index (χ0v) is 22.1. The highest BCUT2D eigenvalue weighted by molar-refractivity contribution is 6.30. The van der Waals surface area contributed by atoms with E-state index < -0.39 is 0 Å². The van der Waals surface area contributed by atoms with Crippen molar-refractivity contribution in [3.05, 3.63) is 77.1 Å². The molecule has 0 fully saturated rings. The molecule has 1 atom stereocenters. The zero-order valence-electron chi connectivity index (χ0n) is 21.3. The number of nitrogens with two attached hydrogens (primary N) is 2. The first-order valence-corrected chi connectivity index (χ1v) is 12.9. The van der Waals surface area contributed by atoms with Crippen LogP contribution in [0, 0.1) is 0 Å². The Kier molecular flexibility index (Phi) is 9.18. The van der Waals surface area contributed by atoms with Crippen LogP contribution in [0.3, 0.4) is 0 Å². The van der Waals surface area contributed by atoms with Crippen LogP contribution in [0.1, 0.15) is 43.0 Å². The highest BCUT2D eigenvalue weighted by Gasteiger charge is 2.17. The smallest absolute Gasteiger partial charge is 0.244 e. The molecule has 1 amide bonds. The largest absolute Gasteiger partial charge is 0.388 e. The predicted octanol–water partition coefficient (Wildman–Crippen LogP) is 4.88. The Morgan fingerprint density at radius 2 is 2.05 bits per heavy atom. The Bertz CT molecular complexity index is 1330. The third-order valence-corrected chi connectivity index (χ3v) is 6.67. The summed E-state index contributed by atoms with van der Waals surface area (Å²) < 4.78 is 0. The number of carbonyl (C=O) groups excluding carboxylic acids is 1. The summed E-state index contributed by atoms with van der Waals surface area (Å²) in [6, 6.07) is 15.3. The number of carbonyl (C=O) groups is 1. The Balaban J connectivity index is 1.59. The Hall–Kier alpha value is -4.08. The van der Waals surface area contributed by atoms with Crippen LogP contribution in [-0.4, -0.2) is 30.8 Å². The number of fused-ring (bicyclic) bond motifs is 4. The maximum atomic E-state index is 13.0. The van der Waals surface area contributed by atoms with E-state index in [9.17, 15) is 4.79 Å². The normalized spacial score (nSPS) is 15.7. The quantitative estimate of drug-likeness (QED) is 0.100. The van der Waals surface area contributed by atoms with Crippen molar-refractivity contribution < 1.29 is 4.79 Å². The number of aromatic nitrogens is 1. The third kappa shape index (κ3) is 6.81.